The molecule has 7 nitrogen and oxygen atoms in total. The summed E-state index contributed by atoms with van der Waals surface area (Å²) in [7, 11) is 0. The van der Waals surface area contributed by atoms with Crippen molar-refractivity contribution < 1.29 is 24.5 Å². The number of ether oxygens (including phenoxy) is 2. The summed E-state index contributed by atoms with van der Waals surface area (Å²) in [5.74, 6) is -0.470. The highest BCUT2D eigenvalue weighted by atomic mass is 16.5. The van der Waals surface area contributed by atoms with E-state index in [2.05, 4.69) is 0 Å². The highest BCUT2D eigenvalue weighted by Gasteiger charge is 2.31. The van der Waals surface area contributed by atoms with Gasteiger partial charge in [0.25, 0.3) is 0 Å². The molecular weight excluding hydrogens is 276 g/mol. The van der Waals surface area contributed by atoms with Crippen LogP contribution in [0.5, 0.6) is 0 Å². The Morgan fingerprint density at radius 2 is 2.10 bits per heavy atom. The van der Waals surface area contributed by atoms with Crippen LogP contribution in [0.25, 0.3) is 0 Å². The molecule has 0 aliphatic heterocycles. The molecule has 5 N–H and O–H groups in total. The second-order valence-corrected chi connectivity index (χ2v) is 4.54. The zero-order valence-corrected chi connectivity index (χ0v) is 12.1. The van der Waals surface area contributed by atoms with Crippen LogP contribution in [0.2, 0.25) is 0 Å². The second-order valence-electron chi connectivity index (χ2n) is 4.54. The summed E-state index contributed by atoms with van der Waals surface area (Å²) in [4.78, 5) is 11.8. The molecule has 1 aliphatic rings. The molecule has 7 heteroatoms. The number of carbonyl (C=O) groups is 1. The average molecular weight is 298 g/mol. The molecule has 0 aromatic rings. The lowest BCUT2D eigenvalue weighted by Gasteiger charge is -2.25. The maximum Gasteiger partial charge on any atom is 0.207 e. The molecule has 118 valence electrons. The summed E-state index contributed by atoms with van der Waals surface area (Å²) in [6.07, 6.45) is 1.99. The van der Waals surface area contributed by atoms with Gasteiger partial charge in [-0.1, -0.05) is 13.3 Å². The molecule has 0 amide bonds. The molecule has 1 unspecified atom stereocenters. The lowest BCUT2D eigenvalue weighted by Crippen LogP contribution is -2.35. The molecular formula is C14H22N2O5. The minimum atomic E-state index is -0.838. The molecule has 0 heterocycles. The lowest BCUT2D eigenvalue weighted by atomic mass is 9.93. The van der Waals surface area contributed by atoms with Crippen molar-refractivity contribution in [3.8, 4) is 0 Å². The van der Waals surface area contributed by atoms with Gasteiger partial charge in [0.05, 0.1) is 18.9 Å². The predicted octanol–water partition coefficient (Wildman–Crippen LogP) is -0.128. The summed E-state index contributed by atoms with van der Waals surface area (Å²) >= 11 is 0. The minimum absolute atomic E-state index is 0.0130. The van der Waals surface area contributed by atoms with Crippen LogP contribution in [0, 0.1) is 5.41 Å². The molecule has 1 rings (SSSR count). The van der Waals surface area contributed by atoms with Crippen molar-refractivity contribution in [3.05, 3.63) is 23.1 Å². The van der Waals surface area contributed by atoms with E-state index in [1.54, 1.807) is 0 Å². The molecule has 1 aliphatic carbocycles. The Kier molecular flexibility index (Phi) is 7.07. The van der Waals surface area contributed by atoms with Gasteiger partial charge in [0.2, 0.25) is 5.78 Å². The molecule has 0 aromatic carbocycles. The number of carbonyl (C=O) groups excluding carboxylic acids is 1. The number of hydrogen-bond donors (Lipinski definition) is 4. The third kappa shape index (κ3) is 4.38. The van der Waals surface area contributed by atoms with Gasteiger partial charge in [0, 0.05) is 18.3 Å². The van der Waals surface area contributed by atoms with Gasteiger partial charge in [-0.3, -0.25) is 10.2 Å². The van der Waals surface area contributed by atoms with E-state index in [9.17, 15) is 9.90 Å². The Labute approximate surface area is 123 Å². The Morgan fingerprint density at radius 1 is 1.38 bits per heavy atom. The van der Waals surface area contributed by atoms with E-state index >= 15 is 0 Å². The Hall–Kier alpha value is -1.70. The van der Waals surface area contributed by atoms with Crippen molar-refractivity contribution >= 4 is 11.5 Å². The van der Waals surface area contributed by atoms with Gasteiger partial charge >= 0.3 is 0 Å². The highest BCUT2D eigenvalue weighted by Crippen LogP contribution is 2.23. The van der Waals surface area contributed by atoms with E-state index in [1.807, 2.05) is 6.92 Å². The number of nitrogens with one attached hydrogen (secondary N) is 1. The number of rotatable bonds is 9. The Morgan fingerprint density at radius 3 is 2.67 bits per heavy atom. The van der Waals surface area contributed by atoms with Gasteiger partial charge < -0.3 is 25.4 Å². The van der Waals surface area contributed by atoms with Crippen molar-refractivity contribution in [2.24, 2.45) is 5.73 Å². The van der Waals surface area contributed by atoms with Crippen LogP contribution in [0.4, 0.5) is 0 Å². The van der Waals surface area contributed by atoms with E-state index in [4.69, 9.17) is 25.7 Å². The third-order valence-corrected chi connectivity index (χ3v) is 2.99. The Balaban J connectivity index is 2.99. The molecule has 1 atom stereocenters. The van der Waals surface area contributed by atoms with E-state index in [0.29, 0.717) is 6.61 Å². The highest BCUT2D eigenvalue weighted by molar-refractivity contribution is 6.50. The number of hydrogen-bond acceptors (Lipinski definition) is 7. The van der Waals surface area contributed by atoms with Gasteiger partial charge in [-0.2, -0.15) is 0 Å². The molecule has 0 spiro atoms. The predicted molar refractivity (Wildman–Crippen MR) is 76.8 cm³/mol. The largest absolute Gasteiger partial charge is 0.489 e. The monoisotopic (exact) mass is 298 g/mol. The van der Waals surface area contributed by atoms with E-state index in [1.165, 1.54) is 0 Å². The van der Waals surface area contributed by atoms with Crippen molar-refractivity contribution in [2.75, 3.05) is 26.4 Å². The van der Waals surface area contributed by atoms with Crippen LogP contribution >= 0.6 is 0 Å². The zero-order valence-electron chi connectivity index (χ0n) is 12.1. The summed E-state index contributed by atoms with van der Waals surface area (Å²) in [5.41, 5.74) is 5.83. The third-order valence-electron chi connectivity index (χ3n) is 2.99. The molecule has 0 aromatic heterocycles. The summed E-state index contributed by atoms with van der Waals surface area (Å²) in [6, 6.07) is 0. The first-order valence-electron chi connectivity index (χ1n) is 6.87. The number of aliphatic hydroxyl groups is 2. The van der Waals surface area contributed by atoms with Crippen LogP contribution in [-0.2, 0) is 14.3 Å². The summed E-state index contributed by atoms with van der Waals surface area (Å²) < 4.78 is 10.7. The fourth-order valence-corrected chi connectivity index (χ4v) is 1.88. The topological polar surface area (TPSA) is 126 Å². The lowest BCUT2D eigenvalue weighted by molar-refractivity contribution is -0.109. The Bertz CT molecular complexity index is 456. The van der Waals surface area contributed by atoms with Crippen LogP contribution in [0.15, 0.2) is 23.1 Å². The standard InChI is InChI=1S/C14H22N2O5/c1-2-3-5-20-11(8-18)12-13(15)9(19)7-10(14(12)16)21-6-4-17/h7,11,15,17-18H,2-6,8,16H2,1H3. The molecule has 0 saturated carbocycles. The normalized spacial score (nSPS) is 17.0. The molecule has 0 saturated heterocycles. The van der Waals surface area contributed by atoms with Crippen LogP contribution in [0.3, 0.4) is 0 Å². The fourth-order valence-electron chi connectivity index (χ4n) is 1.88. The fraction of sp³-hybridized carbons (Fsp3) is 0.571. The summed E-state index contributed by atoms with van der Waals surface area (Å²) in [6.45, 7) is 1.78. The molecule has 0 radical (unpaired) electrons. The average Bonchev–Trinajstić information content (AvgIpc) is 2.48. The van der Waals surface area contributed by atoms with Crippen molar-refractivity contribution in [1.82, 2.24) is 0 Å². The van der Waals surface area contributed by atoms with Crippen LogP contribution in [-0.4, -0.2) is 54.2 Å². The SMILES string of the molecule is CCCCOC(CO)C1=C(N)C(OCCO)=CC(=O)C1=N. The molecule has 0 fully saturated rings. The van der Waals surface area contributed by atoms with Gasteiger partial charge in [-0.25, -0.2) is 0 Å². The zero-order chi connectivity index (χ0) is 15.8. The van der Waals surface area contributed by atoms with Gasteiger partial charge in [-0.15, -0.1) is 0 Å². The number of aliphatic hydroxyl groups excluding tert-OH is 2. The maximum atomic E-state index is 11.8. The van der Waals surface area contributed by atoms with E-state index < -0.39 is 11.9 Å². The summed E-state index contributed by atoms with van der Waals surface area (Å²) in [5, 5.41) is 26.0. The van der Waals surface area contributed by atoms with Crippen LogP contribution < -0.4 is 5.73 Å². The quantitative estimate of drug-likeness (QED) is 0.347. The second kappa shape index (κ2) is 8.56. The van der Waals surface area contributed by atoms with Crippen molar-refractivity contribution in [2.45, 2.75) is 25.9 Å². The van der Waals surface area contributed by atoms with Crippen molar-refractivity contribution in [1.29, 1.82) is 5.41 Å². The number of allylic oxidation sites excluding steroid dienone is 1. The first kappa shape index (κ1) is 17.4. The molecule has 0 bridgehead atoms. The van der Waals surface area contributed by atoms with Gasteiger partial charge in [-0.05, 0) is 6.42 Å². The number of unbranched alkanes of at least 4 members (excludes halogenated alkanes) is 1. The van der Waals surface area contributed by atoms with Crippen LogP contribution in [0.1, 0.15) is 19.8 Å². The minimum Gasteiger partial charge on any atom is -0.489 e. The van der Waals surface area contributed by atoms with Crippen molar-refractivity contribution in [3.63, 3.8) is 0 Å². The number of ketones is 1. The van der Waals surface area contributed by atoms with E-state index in [-0.39, 0.29) is 42.6 Å². The first-order chi connectivity index (χ1) is 10.1. The molecule has 21 heavy (non-hydrogen) atoms. The first-order valence-corrected chi connectivity index (χ1v) is 6.87. The smallest absolute Gasteiger partial charge is 0.207 e. The van der Waals surface area contributed by atoms with E-state index in [0.717, 1.165) is 18.9 Å². The maximum absolute atomic E-state index is 11.8. The van der Waals surface area contributed by atoms with Gasteiger partial charge in [0.15, 0.2) is 0 Å². The van der Waals surface area contributed by atoms with Gasteiger partial charge in [0.1, 0.15) is 24.2 Å². The number of nitrogens with two attached hydrogens (primary N) is 1.